The lowest BCUT2D eigenvalue weighted by Gasteiger charge is -2.04. The van der Waals surface area contributed by atoms with Gasteiger partial charge in [-0.3, -0.25) is 9.59 Å². The summed E-state index contributed by atoms with van der Waals surface area (Å²) in [6, 6.07) is 20.9. The molecule has 0 radical (unpaired) electrons. The quantitative estimate of drug-likeness (QED) is 0.183. The molecule has 8 heteroatoms. The summed E-state index contributed by atoms with van der Waals surface area (Å²) in [5.74, 6) is -1.63. The number of ether oxygens (including phenoxy) is 1. The zero-order valence-electron chi connectivity index (χ0n) is 17.4. The fourth-order valence-electron chi connectivity index (χ4n) is 2.58. The molecule has 3 rings (SSSR count). The summed E-state index contributed by atoms with van der Waals surface area (Å²) in [5, 5.41) is 6.22. The van der Waals surface area contributed by atoms with Crippen LogP contribution in [0, 0.1) is 5.82 Å². The van der Waals surface area contributed by atoms with Crippen LogP contribution in [-0.2, 0) is 9.59 Å². The molecule has 0 aliphatic heterocycles. The highest BCUT2D eigenvalue weighted by atomic mass is 19.1. The normalized spacial score (nSPS) is 10.8. The predicted molar refractivity (Wildman–Crippen MR) is 122 cm³/mol. The standard InChI is InChI=1S/C25H20FN3O4/c26-21-11-9-20(10-12-21)25(32)27-17-23(30)29-28-16-19-6-13-22(14-7-19)33-24(31)15-8-18-4-2-1-3-5-18/h1-16H,17H2,(H,27,32)(H,29,30)/b15-8+,28-16-. The van der Waals surface area contributed by atoms with Gasteiger partial charge in [-0.1, -0.05) is 30.3 Å². The van der Waals surface area contributed by atoms with Crippen LogP contribution in [0.2, 0.25) is 0 Å². The Balaban J connectivity index is 1.41. The van der Waals surface area contributed by atoms with Crippen LogP contribution in [0.3, 0.4) is 0 Å². The number of esters is 1. The Bertz CT molecular complexity index is 1160. The van der Waals surface area contributed by atoms with Crippen LogP contribution >= 0.6 is 0 Å². The minimum atomic E-state index is -0.530. The molecule has 0 saturated heterocycles. The molecule has 2 N–H and O–H groups in total. The molecule has 3 aromatic rings. The third-order valence-electron chi connectivity index (χ3n) is 4.23. The second-order valence-electron chi connectivity index (χ2n) is 6.72. The molecule has 0 fully saturated rings. The van der Waals surface area contributed by atoms with Gasteiger partial charge in [0.15, 0.2) is 0 Å². The zero-order chi connectivity index (χ0) is 23.5. The number of hydrogen-bond acceptors (Lipinski definition) is 5. The average Bonchev–Trinajstić information content (AvgIpc) is 2.83. The first-order valence-corrected chi connectivity index (χ1v) is 9.90. The number of benzene rings is 3. The lowest BCUT2D eigenvalue weighted by Crippen LogP contribution is -2.34. The molecule has 0 aliphatic rings. The first kappa shape index (κ1) is 23.1. The van der Waals surface area contributed by atoms with Gasteiger partial charge in [0.25, 0.3) is 11.8 Å². The molecule has 0 heterocycles. The molecule has 166 valence electrons. The molecular formula is C25H20FN3O4. The van der Waals surface area contributed by atoms with E-state index in [1.54, 1.807) is 30.3 Å². The highest BCUT2D eigenvalue weighted by Gasteiger charge is 2.07. The van der Waals surface area contributed by atoms with Crippen LogP contribution in [0.25, 0.3) is 6.08 Å². The number of nitrogens with one attached hydrogen (secondary N) is 2. The van der Waals surface area contributed by atoms with Gasteiger partial charge in [0.05, 0.1) is 12.8 Å². The van der Waals surface area contributed by atoms with Crippen molar-refractivity contribution in [2.75, 3.05) is 6.54 Å². The van der Waals surface area contributed by atoms with E-state index in [4.69, 9.17) is 4.74 Å². The summed E-state index contributed by atoms with van der Waals surface area (Å²) in [4.78, 5) is 35.6. The molecule has 0 aromatic heterocycles. The minimum Gasteiger partial charge on any atom is -0.423 e. The van der Waals surface area contributed by atoms with E-state index in [-0.39, 0.29) is 12.1 Å². The lowest BCUT2D eigenvalue weighted by molar-refractivity contribution is -0.129. The number of nitrogens with zero attached hydrogens (tertiary/aromatic N) is 1. The maximum absolute atomic E-state index is 12.9. The Morgan fingerprint density at radius 1 is 0.879 bits per heavy atom. The van der Waals surface area contributed by atoms with Gasteiger partial charge in [-0.15, -0.1) is 0 Å². The first-order chi connectivity index (χ1) is 16.0. The van der Waals surface area contributed by atoms with Gasteiger partial charge in [-0.25, -0.2) is 14.6 Å². The molecular weight excluding hydrogens is 425 g/mol. The van der Waals surface area contributed by atoms with Crippen molar-refractivity contribution in [3.05, 3.63) is 107 Å². The van der Waals surface area contributed by atoms with Crippen molar-refractivity contribution in [2.45, 2.75) is 0 Å². The van der Waals surface area contributed by atoms with E-state index < -0.39 is 23.6 Å². The van der Waals surface area contributed by atoms with Gasteiger partial charge < -0.3 is 10.1 Å². The van der Waals surface area contributed by atoms with Crippen LogP contribution in [0.4, 0.5) is 4.39 Å². The summed E-state index contributed by atoms with van der Waals surface area (Å²) >= 11 is 0. The maximum atomic E-state index is 12.9. The number of amides is 2. The van der Waals surface area contributed by atoms with Crippen molar-refractivity contribution >= 4 is 30.1 Å². The highest BCUT2D eigenvalue weighted by molar-refractivity contribution is 5.96. The molecule has 3 aromatic carbocycles. The van der Waals surface area contributed by atoms with Gasteiger partial charge >= 0.3 is 5.97 Å². The molecule has 7 nitrogen and oxygen atoms in total. The van der Waals surface area contributed by atoms with E-state index in [9.17, 15) is 18.8 Å². The summed E-state index contributed by atoms with van der Waals surface area (Å²) < 4.78 is 18.1. The van der Waals surface area contributed by atoms with Crippen molar-refractivity contribution in [2.24, 2.45) is 5.10 Å². The number of carbonyl (C=O) groups excluding carboxylic acids is 3. The van der Waals surface area contributed by atoms with Gasteiger partial charge in [0, 0.05) is 11.6 Å². The number of hydrazone groups is 1. The lowest BCUT2D eigenvalue weighted by atomic mass is 10.2. The van der Waals surface area contributed by atoms with Gasteiger partial charge in [-0.2, -0.15) is 5.10 Å². The second kappa shape index (κ2) is 11.7. The predicted octanol–water partition coefficient (Wildman–Crippen LogP) is 3.32. The van der Waals surface area contributed by atoms with E-state index >= 15 is 0 Å². The highest BCUT2D eigenvalue weighted by Crippen LogP contribution is 2.12. The summed E-state index contributed by atoms with van der Waals surface area (Å²) in [7, 11) is 0. The van der Waals surface area contributed by atoms with Crippen molar-refractivity contribution in [1.29, 1.82) is 0 Å². The maximum Gasteiger partial charge on any atom is 0.336 e. The van der Waals surface area contributed by atoms with Crippen LogP contribution in [-0.4, -0.2) is 30.5 Å². The van der Waals surface area contributed by atoms with Crippen molar-refractivity contribution in [3.63, 3.8) is 0 Å². The Morgan fingerprint density at radius 3 is 2.27 bits per heavy atom. The first-order valence-electron chi connectivity index (χ1n) is 9.90. The topological polar surface area (TPSA) is 96.9 Å². The Morgan fingerprint density at radius 2 is 1.58 bits per heavy atom. The van der Waals surface area contributed by atoms with Crippen LogP contribution in [0.5, 0.6) is 5.75 Å². The number of halogens is 1. The van der Waals surface area contributed by atoms with E-state index in [0.717, 1.165) is 17.7 Å². The van der Waals surface area contributed by atoms with Crippen molar-refractivity contribution in [3.8, 4) is 5.75 Å². The Kier molecular flexibility index (Phi) is 8.19. The van der Waals surface area contributed by atoms with E-state index in [1.807, 2.05) is 30.3 Å². The fraction of sp³-hybridized carbons (Fsp3) is 0.0400. The number of rotatable bonds is 8. The smallest absolute Gasteiger partial charge is 0.336 e. The number of hydrogen-bond donors (Lipinski definition) is 2. The summed E-state index contributed by atoms with van der Waals surface area (Å²) in [6.07, 6.45) is 4.41. The molecule has 0 bridgehead atoms. The van der Waals surface area contributed by atoms with E-state index in [1.165, 1.54) is 24.4 Å². The summed E-state index contributed by atoms with van der Waals surface area (Å²) in [5.41, 5.74) is 4.07. The molecule has 0 spiro atoms. The Labute approximate surface area is 189 Å². The van der Waals surface area contributed by atoms with Crippen molar-refractivity contribution in [1.82, 2.24) is 10.7 Å². The minimum absolute atomic E-state index is 0.240. The van der Waals surface area contributed by atoms with Crippen LogP contribution in [0.1, 0.15) is 21.5 Å². The van der Waals surface area contributed by atoms with Crippen LogP contribution < -0.4 is 15.5 Å². The van der Waals surface area contributed by atoms with E-state index in [2.05, 4.69) is 15.8 Å². The monoisotopic (exact) mass is 445 g/mol. The molecule has 0 unspecified atom stereocenters. The van der Waals surface area contributed by atoms with Crippen molar-refractivity contribution < 1.29 is 23.5 Å². The number of carbonyl (C=O) groups is 3. The van der Waals surface area contributed by atoms with E-state index in [0.29, 0.717) is 11.3 Å². The van der Waals surface area contributed by atoms with Crippen LogP contribution in [0.15, 0.2) is 90.0 Å². The second-order valence-corrected chi connectivity index (χ2v) is 6.72. The molecule has 0 aliphatic carbocycles. The third kappa shape index (κ3) is 7.87. The van der Waals surface area contributed by atoms with Gasteiger partial charge in [0.2, 0.25) is 0 Å². The average molecular weight is 445 g/mol. The van der Waals surface area contributed by atoms with Gasteiger partial charge in [-0.05, 0) is 65.7 Å². The SMILES string of the molecule is O=C(CNC(=O)c1ccc(F)cc1)N/N=C\c1ccc(OC(=O)/C=C/c2ccccc2)cc1. The van der Waals surface area contributed by atoms with Gasteiger partial charge in [0.1, 0.15) is 11.6 Å². The third-order valence-corrected chi connectivity index (χ3v) is 4.23. The summed E-state index contributed by atoms with van der Waals surface area (Å²) in [6.45, 7) is -0.293. The zero-order valence-corrected chi connectivity index (χ0v) is 17.4. The molecule has 33 heavy (non-hydrogen) atoms. The molecule has 0 atom stereocenters. The fourth-order valence-corrected chi connectivity index (χ4v) is 2.58. The molecule has 2 amide bonds. The Hall–Kier alpha value is -4.59. The molecule has 0 saturated carbocycles. The largest absolute Gasteiger partial charge is 0.423 e.